The van der Waals surface area contributed by atoms with Gasteiger partial charge in [-0.05, 0) is 66.9 Å². The van der Waals surface area contributed by atoms with Crippen LogP contribution in [0.5, 0.6) is 0 Å². The zero-order valence-corrected chi connectivity index (χ0v) is 19.9. The van der Waals surface area contributed by atoms with Crippen LogP contribution >= 0.6 is 0 Å². The molecule has 2 aromatic carbocycles. The number of ether oxygens (including phenoxy) is 1. The van der Waals surface area contributed by atoms with Gasteiger partial charge in [0, 0.05) is 36.3 Å². The van der Waals surface area contributed by atoms with E-state index in [9.17, 15) is 9.18 Å². The van der Waals surface area contributed by atoms with Crippen molar-refractivity contribution in [3.63, 3.8) is 0 Å². The smallest absolute Gasteiger partial charge is 0.227 e. The summed E-state index contributed by atoms with van der Waals surface area (Å²) < 4.78 is 17.9. The molecule has 0 bridgehead atoms. The second-order valence-electron chi connectivity index (χ2n) is 8.81. The molecule has 1 aliphatic heterocycles. The molecule has 3 heterocycles. The van der Waals surface area contributed by atoms with Gasteiger partial charge >= 0.3 is 0 Å². The number of morpholine rings is 1. The van der Waals surface area contributed by atoms with Gasteiger partial charge in [-0.2, -0.15) is 5.10 Å². The molecule has 0 radical (unpaired) electrons. The molecule has 184 valence electrons. The van der Waals surface area contributed by atoms with Crippen molar-refractivity contribution < 1.29 is 13.9 Å². The maximum Gasteiger partial charge on any atom is 0.227 e. The fraction of sp³-hybridized carbons (Fsp3) is 0.250. The first-order valence-corrected chi connectivity index (χ1v) is 12.1. The van der Waals surface area contributed by atoms with Gasteiger partial charge in [-0.25, -0.2) is 9.37 Å². The average Bonchev–Trinajstić information content (AvgIpc) is 3.70. The molecule has 1 aliphatic carbocycles. The Hall–Kier alpha value is -4.04. The van der Waals surface area contributed by atoms with Crippen molar-refractivity contribution in [3.05, 3.63) is 83.9 Å². The maximum absolute atomic E-state index is 12.5. The van der Waals surface area contributed by atoms with Crippen LogP contribution < -0.4 is 10.2 Å². The molecule has 1 saturated heterocycles. The minimum atomic E-state index is -0.288. The van der Waals surface area contributed by atoms with Gasteiger partial charge in [-0.1, -0.05) is 24.3 Å². The molecule has 0 spiro atoms. The molecule has 2 aliphatic rings. The number of H-pyrrole nitrogens is 1. The van der Waals surface area contributed by atoms with E-state index in [2.05, 4.69) is 43.6 Å². The van der Waals surface area contributed by atoms with E-state index in [4.69, 9.17) is 4.74 Å². The van der Waals surface area contributed by atoms with Gasteiger partial charge < -0.3 is 15.0 Å². The van der Waals surface area contributed by atoms with Crippen LogP contribution in [0, 0.1) is 11.7 Å². The molecule has 2 N–H and O–H groups in total. The highest BCUT2D eigenvalue weighted by atomic mass is 19.1. The van der Waals surface area contributed by atoms with Crippen molar-refractivity contribution in [2.24, 2.45) is 5.92 Å². The average molecular weight is 486 g/mol. The molecule has 0 unspecified atom stereocenters. The van der Waals surface area contributed by atoms with E-state index in [0.29, 0.717) is 5.69 Å². The van der Waals surface area contributed by atoms with Crippen LogP contribution in [-0.4, -0.2) is 47.4 Å². The second kappa shape index (κ2) is 11.1. The van der Waals surface area contributed by atoms with E-state index < -0.39 is 0 Å². The number of amides is 1. The third-order valence-electron chi connectivity index (χ3n) is 6.10. The van der Waals surface area contributed by atoms with Gasteiger partial charge in [0.05, 0.1) is 24.4 Å². The van der Waals surface area contributed by atoms with Gasteiger partial charge in [0.1, 0.15) is 11.6 Å². The first kappa shape index (κ1) is 23.7. The summed E-state index contributed by atoms with van der Waals surface area (Å²) in [4.78, 5) is 18.1. The summed E-state index contributed by atoms with van der Waals surface area (Å²) in [5.41, 5.74) is 3.72. The minimum absolute atomic E-state index is 0.0478. The van der Waals surface area contributed by atoms with Gasteiger partial charge in [0.15, 0.2) is 0 Å². The van der Waals surface area contributed by atoms with Crippen molar-refractivity contribution in [2.75, 3.05) is 36.5 Å². The molecule has 8 heteroatoms. The Bertz CT molecular complexity index is 1320. The first-order chi connectivity index (χ1) is 17.7. The highest BCUT2D eigenvalue weighted by Gasteiger charge is 2.29. The number of nitrogens with one attached hydrogen (secondary N) is 2. The summed E-state index contributed by atoms with van der Waals surface area (Å²) in [7, 11) is 0. The fourth-order valence-electron chi connectivity index (χ4n) is 3.89. The van der Waals surface area contributed by atoms with E-state index in [1.165, 1.54) is 12.1 Å². The van der Waals surface area contributed by atoms with Crippen LogP contribution in [0.25, 0.3) is 23.1 Å². The van der Waals surface area contributed by atoms with Crippen LogP contribution in [0.2, 0.25) is 0 Å². The van der Waals surface area contributed by atoms with Gasteiger partial charge in [-0.3, -0.25) is 9.89 Å². The number of benzene rings is 2. The predicted molar refractivity (Wildman–Crippen MR) is 140 cm³/mol. The number of aromatic nitrogens is 3. The molecule has 1 amide bonds. The number of aromatic amines is 1. The number of carbonyl (C=O) groups excluding carboxylic acids is 1. The third-order valence-corrected chi connectivity index (χ3v) is 6.10. The molecule has 6 rings (SSSR count). The van der Waals surface area contributed by atoms with E-state index in [0.717, 1.165) is 67.1 Å². The van der Waals surface area contributed by atoms with Crippen LogP contribution in [0.3, 0.4) is 0 Å². The Balaban J connectivity index is 0.000000174. The lowest BCUT2D eigenvalue weighted by Crippen LogP contribution is -2.36. The largest absolute Gasteiger partial charge is 0.378 e. The van der Waals surface area contributed by atoms with E-state index in [1.54, 1.807) is 12.1 Å². The number of nitrogens with zero attached hydrogens (tertiary/aromatic N) is 3. The highest BCUT2D eigenvalue weighted by molar-refractivity contribution is 5.94. The quantitative estimate of drug-likeness (QED) is 0.409. The SMILES string of the molecule is C(=C\c1n[nH]c2ccccc12)/c1ccc(N2CCOCC2)nc1.O=C(Nc1ccc(F)cc1)C1CC1. The van der Waals surface area contributed by atoms with Crippen molar-refractivity contribution in [2.45, 2.75) is 12.8 Å². The highest BCUT2D eigenvalue weighted by Crippen LogP contribution is 2.30. The lowest BCUT2D eigenvalue weighted by molar-refractivity contribution is -0.117. The first-order valence-electron chi connectivity index (χ1n) is 12.1. The Morgan fingerprint density at radius 2 is 1.81 bits per heavy atom. The number of pyridine rings is 1. The van der Waals surface area contributed by atoms with Gasteiger partial charge in [0.25, 0.3) is 0 Å². The van der Waals surface area contributed by atoms with E-state index in [-0.39, 0.29) is 17.6 Å². The Kier molecular flexibility index (Phi) is 7.33. The molecule has 7 nitrogen and oxygen atoms in total. The molecule has 2 fully saturated rings. The summed E-state index contributed by atoms with van der Waals surface area (Å²) in [5.74, 6) is 0.955. The third kappa shape index (κ3) is 6.14. The number of fused-ring (bicyclic) bond motifs is 1. The standard InChI is InChI=1S/C18H18N4O.C10H10FNO/c1-2-4-16-15(3-1)17(21-20-16)7-5-14-6-8-18(19-13-14)22-9-11-23-12-10-22;11-8-3-5-9(6-4-8)12-10(13)7-1-2-7/h1-8,13H,9-12H2,(H,20,21);3-7H,1-2H2,(H,12,13)/b7-5+;. The maximum atomic E-state index is 12.5. The van der Waals surface area contributed by atoms with E-state index in [1.807, 2.05) is 36.5 Å². The number of carbonyl (C=O) groups is 1. The normalized spacial score (nSPS) is 15.5. The summed E-state index contributed by atoms with van der Waals surface area (Å²) in [5, 5.41) is 11.2. The zero-order valence-electron chi connectivity index (χ0n) is 19.9. The summed E-state index contributed by atoms with van der Waals surface area (Å²) >= 11 is 0. The summed E-state index contributed by atoms with van der Waals surface area (Å²) in [6.45, 7) is 3.36. The minimum Gasteiger partial charge on any atom is -0.378 e. The van der Waals surface area contributed by atoms with Crippen LogP contribution in [-0.2, 0) is 9.53 Å². The van der Waals surface area contributed by atoms with Crippen molar-refractivity contribution in [1.29, 1.82) is 0 Å². The molecular formula is C28H28FN5O2. The van der Waals surface area contributed by atoms with E-state index >= 15 is 0 Å². The molecule has 4 aromatic rings. The lowest BCUT2D eigenvalue weighted by Gasteiger charge is -2.27. The number of halogens is 1. The predicted octanol–water partition coefficient (Wildman–Crippen LogP) is 5.14. The number of para-hydroxylation sites is 1. The number of hydrogen-bond acceptors (Lipinski definition) is 5. The second-order valence-corrected chi connectivity index (χ2v) is 8.81. The molecule has 2 aromatic heterocycles. The Labute approximate surface area is 209 Å². The van der Waals surface area contributed by atoms with Gasteiger partial charge in [0.2, 0.25) is 5.91 Å². The number of anilines is 2. The topological polar surface area (TPSA) is 83.1 Å². The van der Waals surface area contributed by atoms with Crippen LogP contribution in [0.1, 0.15) is 24.1 Å². The molecule has 1 saturated carbocycles. The molecule has 36 heavy (non-hydrogen) atoms. The fourth-order valence-corrected chi connectivity index (χ4v) is 3.89. The summed E-state index contributed by atoms with van der Waals surface area (Å²) in [6.07, 6.45) is 7.92. The van der Waals surface area contributed by atoms with Crippen molar-refractivity contribution >= 4 is 40.5 Å². The van der Waals surface area contributed by atoms with Crippen LogP contribution in [0.4, 0.5) is 15.9 Å². The van der Waals surface area contributed by atoms with Crippen LogP contribution in [0.15, 0.2) is 66.9 Å². The van der Waals surface area contributed by atoms with Crippen molar-refractivity contribution in [3.8, 4) is 0 Å². The lowest BCUT2D eigenvalue weighted by atomic mass is 10.2. The molecular weight excluding hydrogens is 457 g/mol. The van der Waals surface area contributed by atoms with Crippen molar-refractivity contribution in [1.82, 2.24) is 15.2 Å². The number of rotatable bonds is 5. The molecule has 0 atom stereocenters. The Morgan fingerprint density at radius 1 is 1.03 bits per heavy atom. The van der Waals surface area contributed by atoms with Gasteiger partial charge in [-0.15, -0.1) is 0 Å². The monoisotopic (exact) mass is 485 g/mol. The zero-order chi connectivity index (χ0) is 24.7. The number of hydrogen-bond donors (Lipinski definition) is 2. The Morgan fingerprint density at radius 3 is 2.53 bits per heavy atom. The summed E-state index contributed by atoms with van der Waals surface area (Å²) in [6, 6.07) is 18.1.